The zero-order valence-corrected chi connectivity index (χ0v) is 19.3. The first-order valence-electron chi connectivity index (χ1n) is 10.8. The smallest absolute Gasteiger partial charge is 0.251 e. The maximum atomic E-state index is 13.4. The molecule has 1 aliphatic heterocycles. The molecule has 2 heterocycles. The van der Waals surface area contributed by atoms with Gasteiger partial charge in [0.15, 0.2) is 0 Å². The third-order valence-electron chi connectivity index (χ3n) is 5.92. The second kappa shape index (κ2) is 8.91. The number of ether oxygens (including phenoxy) is 1. The van der Waals surface area contributed by atoms with Gasteiger partial charge in [0.25, 0.3) is 5.91 Å². The van der Waals surface area contributed by atoms with Gasteiger partial charge in [-0.1, -0.05) is 18.6 Å². The summed E-state index contributed by atoms with van der Waals surface area (Å²) in [5.41, 5.74) is 1.95. The zero-order chi connectivity index (χ0) is 22.9. The second-order valence-electron chi connectivity index (χ2n) is 8.16. The molecule has 1 aromatic heterocycles. The Kier molecular flexibility index (Phi) is 6.21. The molecule has 9 heteroatoms. The average molecular weight is 457 g/mol. The van der Waals surface area contributed by atoms with E-state index in [1.807, 2.05) is 38.1 Å². The van der Waals surface area contributed by atoms with Crippen molar-refractivity contribution in [2.75, 3.05) is 13.7 Å². The molecular weight excluding hydrogens is 428 g/mol. The van der Waals surface area contributed by atoms with Gasteiger partial charge in [0.05, 0.1) is 24.2 Å². The molecule has 0 aliphatic carbocycles. The van der Waals surface area contributed by atoms with Crippen molar-refractivity contribution in [2.45, 2.75) is 50.1 Å². The molecule has 32 heavy (non-hydrogen) atoms. The van der Waals surface area contributed by atoms with E-state index < -0.39 is 10.0 Å². The van der Waals surface area contributed by atoms with E-state index in [2.05, 4.69) is 15.3 Å². The molecule has 170 valence electrons. The summed E-state index contributed by atoms with van der Waals surface area (Å²) in [6.07, 6.45) is 2.64. The van der Waals surface area contributed by atoms with Crippen LogP contribution in [0.15, 0.2) is 47.4 Å². The lowest BCUT2D eigenvalue weighted by Gasteiger charge is -2.32. The van der Waals surface area contributed by atoms with Gasteiger partial charge in [-0.05, 0) is 57.0 Å². The number of rotatable bonds is 6. The quantitative estimate of drug-likeness (QED) is 0.589. The number of benzene rings is 2. The highest BCUT2D eigenvalue weighted by molar-refractivity contribution is 7.89. The van der Waals surface area contributed by atoms with Crippen molar-refractivity contribution < 1.29 is 17.9 Å². The van der Waals surface area contributed by atoms with Crippen LogP contribution in [0.3, 0.4) is 0 Å². The number of piperidine rings is 1. The van der Waals surface area contributed by atoms with E-state index in [0.717, 1.165) is 30.3 Å². The lowest BCUT2D eigenvalue weighted by Crippen LogP contribution is -2.42. The Hall–Kier alpha value is -2.91. The number of methoxy groups -OCH3 is 1. The molecular formula is C23H28N4O4S. The minimum Gasteiger partial charge on any atom is -0.495 e. The molecule has 1 aliphatic rings. The summed E-state index contributed by atoms with van der Waals surface area (Å²) in [6.45, 7) is 4.20. The third-order valence-corrected chi connectivity index (χ3v) is 7.95. The summed E-state index contributed by atoms with van der Waals surface area (Å²) in [5, 5.41) is 2.90. The minimum absolute atomic E-state index is 0.0118. The van der Waals surface area contributed by atoms with E-state index in [1.54, 1.807) is 6.07 Å². The number of carbonyl (C=O) groups excluding carboxylic acids is 1. The highest BCUT2D eigenvalue weighted by atomic mass is 32.2. The van der Waals surface area contributed by atoms with Crippen molar-refractivity contribution in [3.05, 3.63) is 53.9 Å². The Morgan fingerprint density at radius 1 is 1.25 bits per heavy atom. The Labute approximate surface area is 188 Å². The summed E-state index contributed by atoms with van der Waals surface area (Å²) in [4.78, 5) is 20.7. The maximum absolute atomic E-state index is 13.4. The van der Waals surface area contributed by atoms with Crippen molar-refractivity contribution in [1.29, 1.82) is 0 Å². The van der Waals surface area contributed by atoms with Gasteiger partial charge in [0.1, 0.15) is 16.5 Å². The van der Waals surface area contributed by atoms with E-state index in [0.29, 0.717) is 12.4 Å². The number of aromatic nitrogens is 2. The van der Waals surface area contributed by atoms with Crippen molar-refractivity contribution in [3.8, 4) is 5.75 Å². The topological polar surface area (TPSA) is 104 Å². The number of carbonyl (C=O) groups is 1. The number of H-pyrrole nitrogens is 1. The molecule has 3 aromatic rings. The van der Waals surface area contributed by atoms with Crippen molar-refractivity contribution >= 4 is 27.0 Å². The van der Waals surface area contributed by atoms with Crippen LogP contribution in [0.25, 0.3) is 11.0 Å². The number of amides is 1. The maximum Gasteiger partial charge on any atom is 0.251 e. The normalized spacial score (nSPS) is 18.4. The summed E-state index contributed by atoms with van der Waals surface area (Å²) in [7, 11) is -2.37. The molecule has 8 nitrogen and oxygen atoms in total. The van der Waals surface area contributed by atoms with Crippen molar-refractivity contribution in [1.82, 2.24) is 19.6 Å². The third kappa shape index (κ3) is 4.22. The number of fused-ring (bicyclic) bond motifs is 1. The summed E-state index contributed by atoms with van der Waals surface area (Å²) in [5.74, 6) is 0.469. The summed E-state index contributed by atoms with van der Waals surface area (Å²) < 4.78 is 33.6. The van der Waals surface area contributed by atoms with Crippen LogP contribution in [-0.4, -0.2) is 48.3 Å². The van der Waals surface area contributed by atoms with Gasteiger partial charge in [-0.3, -0.25) is 4.79 Å². The number of hydrogen-bond donors (Lipinski definition) is 2. The summed E-state index contributed by atoms with van der Waals surface area (Å²) >= 11 is 0. The van der Waals surface area contributed by atoms with Gasteiger partial charge < -0.3 is 15.0 Å². The van der Waals surface area contributed by atoms with Crippen molar-refractivity contribution in [2.24, 2.45) is 0 Å². The highest BCUT2D eigenvalue weighted by Gasteiger charge is 2.33. The van der Waals surface area contributed by atoms with Crippen LogP contribution in [0.5, 0.6) is 5.75 Å². The van der Waals surface area contributed by atoms with Crippen LogP contribution in [0.4, 0.5) is 0 Å². The van der Waals surface area contributed by atoms with Gasteiger partial charge in [-0.25, -0.2) is 13.4 Å². The van der Waals surface area contributed by atoms with Crippen LogP contribution in [0.2, 0.25) is 0 Å². The van der Waals surface area contributed by atoms with Crippen LogP contribution in [0.1, 0.15) is 55.3 Å². The van der Waals surface area contributed by atoms with Gasteiger partial charge >= 0.3 is 0 Å². The van der Waals surface area contributed by atoms with E-state index in [4.69, 9.17) is 4.74 Å². The zero-order valence-electron chi connectivity index (χ0n) is 18.5. The fraction of sp³-hybridized carbons (Fsp3) is 0.391. The van der Waals surface area contributed by atoms with Crippen molar-refractivity contribution in [3.63, 3.8) is 0 Å². The Bertz CT molecular complexity index is 1200. The fourth-order valence-corrected chi connectivity index (χ4v) is 5.98. The van der Waals surface area contributed by atoms with Crippen LogP contribution in [-0.2, 0) is 10.0 Å². The van der Waals surface area contributed by atoms with Crippen LogP contribution in [0, 0.1) is 0 Å². The van der Waals surface area contributed by atoms with Gasteiger partial charge in [0.2, 0.25) is 10.0 Å². The predicted molar refractivity (Wildman–Crippen MR) is 122 cm³/mol. The lowest BCUT2D eigenvalue weighted by atomic mass is 10.1. The molecule has 2 aromatic carbocycles. The Morgan fingerprint density at radius 3 is 2.75 bits per heavy atom. The van der Waals surface area contributed by atoms with Crippen LogP contribution < -0.4 is 10.1 Å². The highest BCUT2D eigenvalue weighted by Crippen LogP contribution is 2.32. The molecule has 1 saturated heterocycles. The number of imidazole rings is 1. The molecule has 2 atom stereocenters. The Balaban J connectivity index is 1.60. The second-order valence-corrected chi connectivity index (χ2v) is 10.0. The van der Waals surface area contributed by atoms with E-state index in [9.17, 15) is 13.2 Å². The molecule has 0 radical (unpaired) electrons. The molecule has 2 N–H and O–H groups in total. The first-order chi connectivity index (χ1) is 15.3. The fourth-order valence-electron chi connectivity index (χ4n) is 4.10. The van der Waals surface area contributed by atoms with Gasteiger partial charge in [-0.2, -0.15) is 4.31 Å². The number of sulfonamides is 1. The standard InChI is InChI=1S/C23H28N4O4S/c1-15-8-6-7-13-27(15)32(29,30)21-14-17(11-12-20(21)31-3)23(28)24-16(2)22-25-18-9-4-5-10-19(18)26-22/h4-5,9-12,14-16H,6-8,13H2,1-3H3,(H,24,28)(H,25,26)/t15-,16-/m1/s1. The molecule has 1 amide bonds. The van der Waals surface area contributed by atoms with E-state index in [1.165, 1.54) is 23.5 Å². The molecule has 1 fully saturated rings. The SMILES string of the molecule is COc1ccc(C(=O)N[C@H](C)c2nc3ccccc3[nH]2)cc1S(=O)(=O)N1CCCC[C@H]1C. The molecule has 0 bridgehead atoms. The van der Waals surface area contributed by atoms with Gasteiger partial charge in [0, 0.05) is 18.2 Å². The molecule has 0 unspecified atom stereocenters. The van der Waals surface area contributed by atoms with Gasteiger partial charge in [-0.15, -0.1) is 0 Å². The molecule has 0 saturated carbocycles. The molecule has 0 spiro atoms. The first-order valence-corrected chi connectivity index (χ1v) is 12.2. The largest absolute Gasteiger partial charge is 0.495 e. The number of nitrogens with zero attached hydrogens (tertiary/aromatic N) is 2. The number of nitrogens with one attached hydrogen (secondary N) is 2. The summed E-state index contributed by atoms with van der Waals surface area (Å²) in [6, 6.07) is 11.6. The number of hydrogen-bond acceptors (Lipinski definition) is 5. The number of para-hydroxylation sites is 2. The predicted octanol–water partition coefficient (Wildman–Crippen LogP) is 3.63. The van der Waals surface area contributed by atoms with Crippen LogP contribution >= 0.6 is 0 Å². The average Bonchev–Trinajstić information content (AvgIpc) is 3.23. The van der Waals surface area contributed by atoms with E-state index >= 15 is 0 Å². The first kappa shape index (κ1) is 22.3. The monoisotopic (exact) mass is 456 g/mol. The Morgan fingerprint density at radius 2 is 2.03 bits per heavy atom. The number of aromatic amines is 1. The minimum atomic E-state index is -3.80. The molecule has 4 rings (SSSR count). The lowest BCUT2D eigenvalue weighted by molar-refractivity contribution is 0.0938. The van der Waals surface area contributed by atoms with E-state index in [-0.39, 0.29) is 34.2 Å².